The van der Waals surface area contributed by atoms with Gasteiger partial charge in [0.25, 0.3) is 0 Å². The van der Waals surface area contributed by atoms with E-state index >= 15 is 0 Å². The maximum Gasteiger partial charge on any atom is 0.332 e. The van der Waals surface area contributed by atoms with Crippen molar-refractivity contribution in [2.45, 2.75) is 53.5 Å². The van der Waals surface area contributed by atoms with Crippen molar-refractivity contribution in [2.24, 2.45) is 5.92 Å². The van der Waals surface area contributed by atoms with Gasteiger partial charge >= 0.3 is 5.69 Å². The Kier molecular flexibility index (Phi) is 5.87. The molecule has 1 aromatic heterocycles. The van der Waals surface area contributed by atoms with E-state index in [2.05, 4.69) is 37.7 Å². The molecule has 0 aliphatic heterocycles. The van der Waals surface area contributed by atoms with E-state index in [0.29, 0.717) is 24.0 Å². The lowest BCUT2D eigenvalue weighted by atomic mass is 10.1. The Morgan fingerprint density at radius 1 is 1.29 bits per heavy atom. The van der Waals surface area contributed by atoms with Gasteiger partial charge in [-0.1, -0.05) is 27.7 Å². The lowest BCUT2D eigenvalue weighted by Gasteiger charge is -2.32. The molecule has 0 aliphatic rings. The van der Waals surface area contributed by atoms with Gasteiger partial charge in [0.15, 0.2) is 0 Å². The Morgan fingerprint density at radius 3 is 2.29 bits per heavy atom. The molecule has 0 bridgehead atoms. The standard InChI is InChI=1S/C14H25N5O2/c1-6-11(7-2)18(8-9(3)4)13-12(19(20)21)10(5)16-14(15)17-13/h9,11H,6-8H2,1-5H3,(H2,15,16,17). The first-order valence-corrected chi connectivity index (χ1v) is 7.36. The number of hydrogen-bond acceptors (Lipinski definition) is 6. The van der Waals surface area contributed by atoms with Crippen molar-refractivity contribution in [1.82, 2.24) is 9.97 Å². The molecular weight excluding hydrogens is 270 g/mol. The van der Waals surface area contributed by atoms with Crippen molar-refractivity contribution in [2.75, 3.05) is 17.2 Å². The molecule has 0 saturated carbocycles. The molecule has 0 aliphatic carbocycles. The van der Waals surface area contributed by atoms with Gasteiger partial charge in [0.05, 0.1) is 4.92 Å². The summed E-state index contributed by atoms with van der Waals surface area (Å²) in [5, 5.41) is 11.4. The van der Waals surface area contributed by atoms with E-state index in [-0.39, 0.29) is 17.7 Å². The summed E-state index contributed by atoms with van der Waals surface area (Å²) < 4.78 is 0. The molecule has 0 amide bonds. The van der Waals surface area contributed by atoms with Crippen molar-refractivity contribution in [3.05, 3.63) is 15.8 Å². The fourth-order valence-corrected chi connectivity index (χ4v) is 2.52. The first-order valence-electron chi connectivity index (χ1n) is 7.36. The second kappa shape index (κ2) is 7.19. The van der Waals surface area contributed by atoms with E-state index in [0.717, 1.165) is 12.8 Å². The fourth-order valence-electron chi connectivity index (χ4n) is 2.52. The van der Waals surface area contributed by atoms with E-state index in [1.165, 1.54) is 0 Å². The number of nitro groups is 1. The molecule has 0 saturated heterocycles. The van der Waals surface area contributed by atoms with Gasteiger partial charge in [-0.3, -0.25) is 10.1 Å². The van der Waals surface area contributed by atoms with E-state index in [1.807, 2.05) is 4.90 Å². The van der Waals surface area contributed by atoms with Gasteiger partial charge in [0, 0.05) is 12.6 Å². The third-order valence-corrected chi connectivity index (χ3v) is 3.46. The average molecular weight is 295 g/mol. The van der Waals surface area contributed by atoms with Crippen LogP contribution in [-0.2, 0) is 0 Å². The Balaban J connectivity index is 3.44. The van der Waals surface area contributed by atoms with Crippen LogP contribution in [0.15, 0.2) is 0 Å². The van der Waals surface area contributed by atoms with Crippen LogP contribution in [-0.4, -0.2) is 27.5 Å². The Labute approximate surface area is 125 Å². The average Bonchev–Trinajstić information content (AvgIpc) is 2.36. The molecule has 1 rings (SSSR count). The number of nitrogens with zero attached hydrogens (tertiary/aromatic N) is 4. The Morgan fingerprint density at radius 2 is 1.86 bits per heavy atom. The third-order valence-electron chi connectivity index (χ3n) is 3.46. The molecule has 21 heavy (non-hydrogen) atoms. The molecule has 0 aromatic carbocycles. The van der Waals surface area contributed by atoms with Crippen LogP contribution in [0.3, 0.4) is 0 Å². The molecule has 1 aromatic rings. The molecule has 7 heteroatoms. The molecule has 2 N–H and O–H groups in total. The highest BCUT2D eigenvalue weighted by atomic mass is 16.6. The Hall–Kier alpha value is -1.92. The quantitative estimate of drug-likeness (QED) is 0.613. The van der Waals surface area contributed by atoms with E-state index in [9.17, 15) is 10.1 Å². The molecule has 0 unspecified atom stereocenters. The summed E-state index contributed by atoms with van der Waals surface area (Å²) in [4.78, 5) is 21.1. The monoisotopic (exact) mass is 295 g/mol. The summed E-state index contributed by atoms with van der Waals surface area (Å²) in [6, 6.07) is 0.194. The minimum Gasteiger partial charge on any atom is -0.368 e. The summed E-state index contributed by atoms with van der Waals surface area (Å²) in [5.41, 5.74) is 5.97. The summed E-state index contributed by atoms with van der Waals surface area (Å²) in [5.74, 6) is 0.780. The number of aromatic nitrogens is 2. The predicted molar refractivity (Wildman–Crippen MR) is 84.4 cm³/mol. The second-order valence-corrected chi connectivity index (χ2v) is 5.61. The first kappa shape index (κ1) is 17.1. The van der Waals surface area contributed by atoms with Crippen LogP contribution in [0.1, 0.15) is 46.2 Å². The molecule has 0 fully saturated rings. The maximum absolute atomic E-state index is 11.4. The van der Waals surface area contributed by atoms with Crippen LogP contribution in [0.25, 0.3) is 0 Å². The molecule has 0 spiro atoms. The Bertz CT molecular complexity index is 500. The van der Waals surface area contributed by atoms with Crippen LogP contribution in [0, 0.1) is 23.0 Å². The maximum atomic E-state index is 11.4. The van der Waals surface area contributed by atoms with Gasteiger partial charge in [0.2, 0.25) is 11.8 Å². The largest absolute Gasteiger partial charge is 0.368 e. The van der Waals surface area contributed by atoms with Gasteiger partial charge in [-0.25, -0.2) is 4.98 Å². The first-order chi connectivity index (χ1) is 9.81. The lowest BCUT2D eigenvalue weighted by Crippen LogP contribution is -2.38. The normalized spacial score (nSPS) is 11.2. The summed E-state index contributed by atoms with van der Waals surface area (Å²) in [6.45, 7) is 10.6. The number of nitrogens with two attached hydrogens (primary N) is 1. The number of hydrogen-bond donors (Lipinski definition) is 1. The van der Waals surface area contributed by atoms with Crippen LogP contribution >= 0.6 is 0 Å². The van der Waals surface area contributed by atoms with E-state index in [1.54, 1.807) is 6.92 Å². The highest BCUT2D eigenvalue weighted by molar-refractivity contribution is 5.62. The minimum absolute atomic E-state index is 0.0447. The minimum atomic E-state index is -0.417. The smallest absolute Gasteiger partial charge is 0.332 e. The van der Waals surface area contributed by atoms with Crippen LogP contribution in [0.2, 0.25) is 0 Å². The SMILES string of the molecule is CCC(CC)N(CC(C)C)c1nc(N)nc(C)c1[N+](=O)[O-]. The van der Waals surface area contributed by atoms with E-state index in [4.69, 9.17) is 5.73 Å². The van der Waals surface area contributed by atoms with Crippen molar-refractivity contribution in [3.63, 3.8) is 0 Å². The lowest BCUT2D eigenvalue weighted by molar-refractivity contribution is -0.385. The van der Waals surface area contributed by atoms with Crippen LogP contribution < -0.4 is 10.6 Å². The highest BCUT2D eigenvalue weighted by Gasteiger charge is 2.29. The van der Waals surface area contributed by atoms with Crippen LogP contribution in [0.5, 0.6) is 0 Å². The molecule has 1 heterocycles. The molecule has 7 nitrogen and oxygen atoms in total. The summed E-state index contributed by atoms with van der Waals surface area (Å²) >= 11 is 0. The van der Waals surface area contributed by atoms with Crippen molar-refractivity contribution in [3.8, 4) is 0 Å². The zero-order valence-electron chi connectivity index (χ0n) is 13.5. The number of rotatable bonds is 7. The van der Waals surface area contributed by atoms with Crippen molar-refractivity contribution >= 4 is 17.5 Å². The topological polar surface area (TPSA) is 98.2 Å². The number of anilines is 2. The van der Waals surface area contributed by atoms with Gasteiger partial charge in [0.1, 0.15) is 5.69 Å². The van der Waals surface area contributed by atoms with Gasteiger partial charge < -0.3 is 10.6 Å². The van der Waals surface area contributed by atoms with Gasteiger partial charge in [-0.15, -0.1) is 0 Å². The van der Waals surface area contributed by atoms with Crippen molar-refractivity contribution in [1.29, 1.82) is 0 Å². The molecule has 0 radical (unpaired) electrons. The van der Waals surface area contributed by atoms with E-state index < -0.39 is 4.92 Å². The summed E-state index contributed by atoms with van der Waals surface area (Å²) in [7, 11) is 0. The fraction of sp³-hybridized carbons (Fsp3) is 0.714. The zero-order chi connectivity index (χ0) is 16.2. The molecular formula is C14H25N5O2. The predicted octanol–water partition coefficient (Wildman–Crippen LogP) is 2.93. The van der Waals surface area contributed by atoms with Gasteiger partial charge in [-0.05, 0) is 25.7 Å². The highest BCUT2D eigenvalue weighted by Crippen LogP contribution is 2.32. The second-order valence-electron chi connectivity index (χ2n) is 5.61. The van der Waals surface area contributed by atoms with Gasteiger partial charge in [-0.2, -0.15) is 4.98 Å². The summed E-state index contributed by atoms with van der Waals surface area (Å²) in [6.07, 6.45) is 1.78. The zero-order valence-corrected chi connectivity index (χ0v) is 13.5. The third kappa shape index (κ3) is 4.03. The van der Waals surface area contributed by atoms with Crippen LogP contribution in [0.4, 0.5) is 17.5 Å². The number of aryl methyl sites for hydroxylation is 1. The van der Waals surface area contributed by atoms with Crippen molar-refractivity contribution < 1.29 is 4.92 Å². The molecule has 118 valence electrons. The molecule has 0 atom stereocenters. The number of nitrogen functional groups attached to an aromatic ring is 1.